The fourth-order valence-electron chi connectivity index (χ4n) is 1.98. The lowest BCUT2D eigenvalue weighted by molar-refractivity contribution is 0.307. The molecule has 0 unspecified atom stereocenters. The quantitative estimate of drug-likeness (QED) is 0.857. The van der Waals surface area contributed by atoms with E-state index in [1.165, 1.54) is 18.2 Å². The van der Waals surface area contributed by atoms with Crippen LogP contribution in [-0.2, 0) is 13.1 Å². The molecule has 0 spiro atoms. The number of nitrogens with zero attached hydrogens (tertiary/aromatic N) is 1. The lowest BCUT2D eigenvalue weighted by Gasteiger charge is -2.18. The van der Waals surface area contributed by atoms with E-state index < -0.39 is 11.6 Å². The number of benzene rings is 2. The lowest BCUT2D eigenvalue weighted by Crippen LogP contribution is -2.19. The highest BCUT2D eigenvalue weighted by Gasteiger charge is 2.11. The van der Waals surface area contributed by atoms with Crippen LogP contribution in [0, 0.1) is 11.6 Å². The smallest absolute Gasteiger partial charge is 0.130 e. The summed E-state index contributed by atoms with van der Waals surface area (Å²) < 4.78 is 27.1. The Labute approximate surface area is 111 Å². The summed E-state index contributed by atoms with van der Waals surface area (Å²) in [6.45, 7) is 0.743. The van der Waals surface area contributed by atoms with Crippen molar-refractivity contribution in [3.05, 3.63) is 65.2 Å². The van der Waals surface area contributed by atoms with Gasteiger partial charge in [-0.05, 0) is 30.8 Å². The molecule has 100 valence electrons. The molecule has 0 atom stereocenters. The van der Waals surface area contributed by atoms with E-state index in [-0.39, 0.29) is 12.1 Å². The van der Waals surface area contributed by atoms with Crippen LogP contribution in [0.1, 0.15) is 11.1 Å². The third-order valence-corrected chi connectivity index (χ3v) is 2.99. The van der Waals surface area contributed by atoms with Gasteiger partial charge in [0.15, 0.2) is 0 Å². The van der Waals surface area contributed by atoms with Crippen molar-refractivity contribution in [1.82, 2.24) is 4.90 Å². The van der Waals surface area contributed by atoms with Gasteiger partial charge < -0.3 is 5.73 Å². The zero-order valence-electron chi connectivity index (χ0n) is 10.7. The molecule has 0 amide bonds. The van der Waals surface area contributed by atoms with Gasteiger partial charge in [-0.15, -0.1) is 0 Å². The Morgan fingerprint density at radius 3 is 2.21 bits per heavy atom. The number of rotatable bonds is 4. The molecule has 0 radical (unpaired) electrons. The third-order valence-electron chi connectivity index (χ3n) is 2.99. The number of hydrogen-bond acceptors (Lipinski definition) is 2. The SMILES string of the molecule is CN(Cc1ccccc1N)Cc1c(F)cccc1F. The fraction of sp³-hybridized carbons (Fsp3) is 0.200. The molecule has 2 nitrogen and oxygen atoms in total. The highest BCUT2D eigenvalue weighted by Crippen LogP contribution is 2.17. The molecule has 2 aromatic rings. The van der Waals surface area contributed by atoms with E-state index in [4.69, 9.17) is 5.73 Å². The zero-order valence-corrected chi connectivity index (χ0v) is 10.7. The predicted molar refractivity (Wildman–Crippen MR) is 72.4 cm³/mol. The summed E-state index contributed by atoms with van der Waals surface area (Å²) in [6, 6.07) is 11.4. The average molecular weight is 262 g/mol. The van der Waals surface area contributed by atoms with E-state index in [1.54, 1.807) is 7.05 Å². The first-order chi connectivity index (χ1) is 9.08. The number of nitrogen functional groups attached to an aromatic ring is 1. The minimum atomic E-state index is -0.520. The second kappa shape index (κ2) is 5.80. The maximum Gasteiger partial charge on any atom is 0.130 e. The van der Waals surface area contributed by atoms with Gasteiger partial charge in [0, 0.05) is 24.3 Å². The van der Waals surface area contributed by atoms with Crippen molar-refractivity contribution in [3.8, 4) is 0 Å². The van der Waals surface area contributed by atoms with Gasteiger partial charge in [0.1, 0.15) is 11.6 Å². The number of hydrogen-bond donors (Lipinski definition) is 1. The van der Waals surface area contributed by atoms with Gasteiger partial charge >= 0.3 is 0 Å². The summed E-state index contributed by atoms with van der Waals surface area (Å²) in [6.07, 6.45) is 0. The minimum absolute atomic E-state index is 0.0829. The van der Waals surface area contributed by atoms with Crippen LogP contribution in [0.4, 0.5) is 14.5 Å². The Bertz CT molecular complexity index is 550. The van der Waals surface area contributed by atoms with Crippen molar-refractivity contribution in [2.24, 2.45) is 0 Å². The summed E-state index contributed by atoms with van der Waals surface area (Å²) >= 11 is 0. The molecule has 0 aliphatic carbocycles. The molecule has 2 aromatic carbocycles. The monoisotopic (exact) mass is 262 g/mol. The van der Waals surface area contributed by atoms with Crippen LogP contribution in [0.25, 0.3) is 0 Å². The van der Waals surface area contributed by atoms with Crippen molar-refractivity contribution in [1.29, 1.82) is 0 Å². The van der Waals surface area contributed by atoms with Crippen LogP contribution in [0.5, 0.6) is 0 Å². The normalized spacial score (nSPS) is 10.9. The molecule has 0 heterocycles. The van der Waals surface area contributed by atoms with Crippen molar-refractivity contribution in [3.63, 3.8) is 0 Å². The van der Waals surface area contributed by atoms with Gasteiger partial charge in [0.2, 0.25) is 0 Å². The summed E-state index contributed by atoms with van der Waals surface area (Å²) in [5, 5.41) is 0. The van der Waals surface area contributed by atoms with E-state index in [0.717, 1.165) is 5.56 Å². The molecular weight excluding hydrogens is 246 g/mol. The molecule has 0 saturated carbocycles. The maximum absolute atomic E-state index is 13.5. The molecule has 2 N–H and O–H groups in total. The second-order valence-corrected chi connectivity index (χ2v) is 4.57. The second-order valence-electron chi connectivity index (χ2n) is 4.57. The molecule has 0 saturated heterocycles. The average Bonchev–Trinajstić information content (AvgIpc) is 2.37. The van der Waals surface area contributed by atoms with E-state index in [9.17, 15) is 8.78 Å². The molecule has 0 aromatic heterocycles. The summed E-state index contributed by atoms with van der Waals surface area (Å²) in [5.41, 5.74) is 7.56. The molecular formula is C15H16F2N2. The van der Waals surface area contributed by atoms with Gasteiger partial charge in [-0.2, -0.15) is 0 Å². The first-order valence-corrected chi connectivity index (χ1v) is 6.02. The highest BCUT2D eigenvalue weighted by atomic mass is 19.1. The molecule has 4 heteroatoms. The number of halogens is 2. The van der Waals surface area contributed by atoms with Crippen LogP contribution in [0.2, 0.25) is 0 Å². The maximum atomic E-state index is 13.5. The Kier molecular flexibility index (Phi) is 4.12. The first-order valence-electron chi connectivity index (χ1n) is 6.02. The largest absolute Gasteiger partial charge is 0.398 e. The summed E-state index contributed by atoms with van der Waals surface area (Å²) in [4.78, 5) is 1.83. The topological polar surface area (TPSA) is 29.3 Å². The summed E-state index contributed by atoms with van der Waals surface area (Å²) in [7, 11) is 1.80. The van der Waals surface area contributed by atoms with Gasteiger partial charge in [0.05, 0.1) is 0 Å². The van der Waals surface area contributed by atoms with E-state index in [0.29, 0.717) is 12.2 Å². The number of nitrogens with two attached hydrogens (primary N) is 1. The standard InChI is InChI=1S/C15H16F2N2/c1-19(9-11-5-2-3-8-15(11)18)10-12-13(16)6-4-7-14(12)17/h2-8H,9-10,18H2,1H3. The van der Waals surface area contributed by atoms with Gasteiger partial charge in [-0.3, -0.25) is 4.90 Å². The Hall–Kier alpha value is -1.94. The zero-order chi connectivity index (χ0) is 13.8. The van der Waals surface area contributed by atoms with Crippen molar-refractivity contribution in [2.75, 3.05) is 12.8 Å². The molecule has 19 heavy (non-hydrogen) atoms. The molecule has 0 bridgehead atoms. The summed E-state index contributed by atoms with van der Waals surface area (Å²) in [5.74, 6) is -1.04. The Balaban J connectivity index is 2.10. The van der Waals surface area contributed by atoms with Crippen molar-refractivity contribution < 1.29 is 8.78 Å². The highest BCUT2D eigenvalue weighted by molar-refractivity contribution is 5.46. The number of anilines is 1. The molecule has 0 fully saturated rings. The van der Waals surface area contributed by atoms with Crippen LogP contribution in [-0.4, -0.2) is 11.9 Å². The van der Waals surface area contributed by atoms with Crippen LogP contribution >= 0.6 is 0 Å². The van der Waals surface area contributed by atoms with E-state index >= 15 is 0 Å². The minimum Gasteiger partial charge on any atom is -0.398 e. The van der Waals surface area contributed by atoms with Gasteiger partial charge in [-0.25, -0.2) is 8.78 Å². The van der Waals surface area contributed by atoms with E-state index in [1.807, 2.05) is 29.2 Å². The van der Waals surface area contributed by atoms with Crippen LogP contribution in [0.3, 0.4) is 0 Å². The fourth-order valence-corrected chi connectivity index (χ4v) is 1.98. The Morgan fingerprint density at radius 2 is 1.58 bits per heavy atom. The number of para-hydroxylation sites is 1. The van der Waals surface area contributed by atoms with Crippen LogP contribution < -0.4 is 5.73 Å². The van der Waals surface area contributed by atoms with Crippen molar-refractivity contribution in [2.45, 2.75) is 13.1 Å². The molecule has 0 aliphatic heterocycles. The van der Waals surface area contributed by atoms with Crippen LogP contribution in [0.15, 0.2) is 42.5 Å². The molecule has 0 aliphatic rings. The predicted octanol–water partition coefficient (Wildman–Crippen LogP) is 3.18. The first kappa shape index (κ1) is 13.5. The van der Waals surface area contributed by atoms with Crippen molar-refractivity contribution >= 4 is 5.69 Å². The lowest BCUT2D eigenvalue weighted by atomic mass is 10.1. The van der Waals surface area contributed by atoms with E-state index in [2.05, 4.69) is 0 Å². The van der Waals surface area contributed by atoms with Gasteiger partial charge in [0.25, 0.3) is 0 Å². The Morgan fingerprint density at radius 1 is 0.947 bits per heavy atom. The van der Waals surface area contributed by atoms with Gasteiger partial charge in [-0.1, -0.05) is 24.3 Å². The molecule has 2 rings (SSSR count). The third kappa shape index (κ3) is 3.29.